The Bertz CT molecular complexity index is 1340. The van der Waals surface area contributed by atoms with Gasteiger partial charge in [0.15, 0.2) is 5.75 Å². The fourth-order valence-corrected chi connectivity index (χ4v) is 5.99. The number of aromatic nitrogens is 1. The van der Waals surface area contributed by atoms with Gasteiger partial charge in [0.25, 0.3) is 0 Å². The van der Waals surface area contributed by atoms with Crippen molar-refractivity contribution in [1.29, 1.82) is 0 Å². The highest BCUT2D eigenvalue weighted by Gasteiger charge is 2.30. The lowest BCUT2D eigenvalue weighted by Gasteiger charge is -2.23. The maximum absolute atomic E-state index is 12.9. The number of rotatable bonds is 6. The van der Waals surface area contributed by atoms with Gasteiger partial charge in [-0.15, -0.1) is 11.3 Å². The van der Waals surface area contributed by atoms with Crippen LogP contribution in [0.25, 0.3) is 21.3 Å². The number of thiophene rings is 1. The number of fused-ring (bicyclic) bond motifs is 2. The van der Waals surface area contributed by atoms with Gasteiger partial charge >= 0.3 is 5.97 Å². The molecule has 1 fully saturated rings. The number of aromatic carboxylic acids is 1. The minimum atomic E-state index is -1.23. The number of aryl methyl sites for hydroxylation is 1. The molecule has 0 radical (unpaired) electrons. The van der Waals surface area contributed by atoms with E-state index in [0.717, 1.165) is 48.1 Å². The van der Waals surface area contributed by atoms with Crippen LogP contribution >= 0.6 is 11.3 Å². The highest BCUT2D eigenvalue weighted by Crippen LogP contribution is 2.46. The molecule has 0 bridgehead atoms. The number of benzene rings is 1. The normalized spacial score (nSPS) is 17.6. The van der Waals surface area contributed by atoms with Crippen molar-refractivity contribution in [2.75, 3.05) is 13.7 Å². The number of ether oxygens (including phenoxy) is 1. The van der Waals surface area contributed by atoms with E-state index in [1.807, 2.05) is 10.6 Å². The minimum absolute atomic E-state index is 0.0433. The first-order valence-electron chi connectivity index (χ1n) is 11.0. The van der Waals surface area contributed by atoms with Crippen molar-refractivity contribution in [3.63, 3.8) is 0 Å². The van der Waals surface area contributed by atoms with Gasteiger partial charge in [-0.1, -0.05) is 0 Å². The van der Waals surface area contributed by atoms with Gasteiger partial charge < -0.3 is 25.5 Å². The Hall–Kier alpha value is -3.17. The summed E-state index contributed by atoms with van der Waals surface area (Å²) in [5.74, 6) is -0.836. The summed E-state index contributed by atoms with van der Waals surface area (Å²) in [6, 6.07) is 5.71. The summed E-state index contributed by atoms with van der Waals surface area (Å²) >= 11 is 1.66. The van der Waals surface area contributed by atoms with Crippen LogP contribution in [0.15, 0.2) is 29.2 Å². The summed E-state index contributed by atoms with van der Waals surface area (Å²) < 4.78 is 7.73. The molecule has 2 aliphatic carbocycles. The summed E-state index contributed by atoms with van der Waals surface area (Å²) in [6.45, 7) is -0.0433. The summed E-state index contributed by atoms with van der Waals surface area (Å²) in [5.41, 5.74) is 7.34. The first kappa shape index (κ1) is 21.7. The lowest BCUT2D eigenvalue weighted by atomic mass is 9.93. The van der Waals surface area contributed by atoms with Crippen molar-refractivity contribution in [3.8, 4) is 16.2 Å². The zero-order chi connectivity index (χ0) is 23.3. The molecule has 172 valence electrons. The largest absolute Gasteiger partial charge is 0.494 e. The van der Waals surface area contributed by atoms with Crippen LogP contribution in [0.2, 0.25) is 0 Å². The molecule has 33 heavy (non-hydrogen) atoms. The number of hydrogen-bond acceptors (Lipinski definition) is 6. The van der Waals surface area contributed by atoms with E-state index in [-0.39, 0.29) is 30.1 Å². The Balaban J connectivity index is 1.68. The third-order valence-electron chi connectivity index (χ3n) is 6.42. The summed E-state index contributed by atoms with van der Waals surface area (Å²) in [4.78, 5) is 38.7. The summed E-state index contributed by atoms with van der Waals surface area (Å²) in [6.07, 6.45) is 6.11. The zero-order valence-electron chi connectivity index (χ0n) is 18.2. The van der Waals surface area contributed by atoms with E-state index in [9.17, 15) is 19.5 Å². The van der Waals surface area contributed by atoms with E-state index < -0.39 is 11.4 Å². The van der Waals surface area contributed by atoms with Crippen LogP contribution in [0, 0.1) is 0 Å². The van der Waals surface area contributed by atoms with Gasteiger partial charge in [-0.3, -0.25) is 9.59 Å². The number of pyridine rings is 1. The first-order chi connectivity index (χ1) is 15.9. The van der Waals surface area contributed by atoms with Gasteiger partial charge in [0.1, 0.15) is 5.56 Å². The second-order valence-corrected chi connectivity index (χ2v) is 9.70. The number of nitrogens with zero attached hydrogens (tertiary/aromatic N) is 1. The van der Waals surface area contributed by atoms with Gasteiger partial charge in [-0.05, 0) is 55.9 Å². The Morgan fingerprint density at radius 2 is 2.09 bits per heavy atom. The summed E-state index contributed by atoms with van der Waals surface area (Å²) in [5, 5.41) is 12.9. The average molecular weight is 468 g/mol. The van der Waals surface area contributed by atoms with Crippen molar-refractivity contribution >= 4 is 34.1 Å². The number of hydrogen-bond donors (Lipinski definition) is 3. The average Bonchev–Trinajstić information content (AvgIpc) is 3.56. The predicted molar refractivity (Wildman–Crippen MR) is 126 cm³/mol. The fraction of sp³-hybridized carbons (Fsp3) is 0.375. The monoisotopic (exact) mass is 467 g/mol. The van der Waals surface area contributed by atoms with E-state index in [1.165, 1.54) is 11.1 Å². The van der Waals surface area contributed by atoms with Crippen LogP contribution in [0.3, 0.4) is 0 Å². The van der Waals surface area contributed by atoms with Crippen molar-refractivity contribution < 1.29 is 19.4 Å². The lowest BCUT2D eigenvalue weighted by molar-refractivity contribution is -0.120. The van der Waals surface area contributed by atoms with E-state index >= 15 is 0 Å². The molecule has 2 aromatic heterocycles. The SMILES string of the molecule is COc1c(-c2cc3c(s2)CCCC3NC(=O)CN)ccc2c(=O)c(C(=O)O)cn(C3CC3)c12. The van der Waals surface area contributed by atoms with Crippen LogP contribution in [0.1, 0.15) is 58.6 Å². The Kier molecular flexibility index (Phi) is 5.46. The third-order valence-corrected chi connectivity index (χ3v) is 7.67. The fourth-order valence-electron chi connectivity index (χ4n) is 4.70. The predicted octanol–water partition coefficient (Wildman–Crippen LogP) is 3.22. The van der Waals surface area contributed by atoms with Gasteiger partial charge in [0.05, 0.1) is 30.6 Å². The Morgan fingerprint density at radius 3 is 2.76 bits per heavy atom. The number of carboxylic acid groups (broad SMARTS) is 1. The number of carbonyl (C=O) groups excluding carboxylic acids is 1. The molecule has 1 saturated carbocycles. The molecule has 0 aliphatic heterocycles. The smallest absolute Gasteiger partial charge is 0.341 e. The van der Waals surface area contributed by atoms with Crippen LogP contribution < -0.4 is 21.2 Å². The Labute approximate surface area is 194 Å². The maximum Gasteiger partial charge on any atom is 0.341 e. The van der Waals surface area contributed by atoms with E-state index in [4.69, 9.17) is 10.5 Å². The topological polar surface area (TPSA) is 124 Å². The van der Waals surface area contributed by atoms with Gasteiger partial charge in [-0.2, -0.15) is 0 Å². The quantitative estimate of drug-likeness (QED) is 0.511. The first-order valence-corrected chi connectivity index (χ1v) is 11.9. The molecule has 8 nitrogen and oxygen atoms in total. The number of nitrogens with one attached hydrogen (secondary N) is 1. The summed E-state index contributed by atoms with van der Waals surface area (Å²) in [7, 11) is 1.57. The van der Waals surface area contributed by atoms with Crippen molar-refractivity contribution in [2.24, 2.45) is 5.73 Å². The van der Waals surface area contributed by atoms with Gasteiger partial charge in [-0.25, -0.2) is 4.79 Å². The molecule has 2 aliphatic rings. The van der Waals surface area contributed by atoms with Gasteiger partial charge in [0.2, 0.25) is 11.3 Å². The van der Waals surface area contributed by atoms with Crippen molar-refractivity contribution in [2.45, 2.75) is 44.2 Å². The van der Waals surface area contributed by atoms with E-state index in [2.05, 4.69) is 11.4 Å². The third kappa shape index (κ3) is 3.71. The molecule has 0 saturated heterocycles. The molecule has 0 spiro atoms. The standard InChI is InChI=1S/C24H25N3O5S/c1-32-23-13(19-9-15-17(26-20(28)10-25)3-2-4-18(15)33-19)7-8-14-21(23)27(12-5-6-12)11-16(22(14)29)24(30)31/h7-9,11-12,17H,2-6,10,25H2,1H3,(H,26,28)(H,30,31). The highest BCUT2D eigenvalue weighted by atomic mass is 32.1. The van der Waals surface area contributed by atoms with Crippen LogP contribution in [0.5, 0.6) is 5.75 Å². The molecule has 1 atom stereocenters. The lowest BCUT2D eigenvalue weighted by Crippen LogP contribution is -2.34. The molecule has 2 heterocycles. The second kappa shape index (κ2) is 8.31. The minimum Gasteiger partial charge on any atom is -0.494 e. The Morgan fingerprint density at radius 1 is 1.30 bits per heavy atom. The van der Waals surface area contributed by atoms with Gasteiger partial charge in [0, 0.05) is 27.6 Å². The molecule has 5 rings (SSSR count). The molecule has 9 heteroatoms. The van der Waals surface area contributed by atoms with E-state index in [0.29, 0.717) is 16.7 Å². The molecule has 1 aromatic carbocycles. The molecular formula is C24H25N3O5S. The number of amides is 1. The number of carboxylic acids is 1. The number of carbonyl (C=O) groups is 2. The number of methoxy groups -OCH3 is 1. The molecule has 4 N–H and O–H groups in total. The van der Waals surface area contributed by atoms with E-state index in [1.54, 1.807) is 24.5 Å². The van der Waals surface area contributed by atoms with Crippen molar-refractivity contribution in [3.05, 3.63) is 50.6 Å². The number of nitrogens with two attached hydrogens (primary N) is 1. The molecule has 1 amide bonds. The zero-order valence-corrected chi connectivity index (χ0v) is 19.0. The van der Waals surface area contributed by atoms with Crippen LogP contribution in [-0.2, 0) is 11.2 Å². The highest BCUT2D eigenvalue weighted by molar-refractivity contribution is 7.15. The van der Waals surface area contributed by atoms with Crippen LogP contribution in [-0.4, -0.2) is 35.2 Å². The maximum atomic E-state index is 12.9. The second-order valence-electron chi connectivity index (χ2n) is 8.56. The molecule has 1 unspecified atom stereocenters. The van der Waals surface area contributed by atoms with Crippen molar-refractivity contribution in [1.82, 2.24) is 9.88 Å². The molecule has 3 aromatic rings. The van der Waals surface area contributed by atoms with Crippen LogP contribution in [0.4, 0.5) is 0 Å². The molecular weight excluding hydrogens is 442 g/mol.